The van der Waals surface area contributed by atoms with Crippen molar-refractivity contribution in [2.75, 3.05) is 13.1 Å². The minimum absolute atomic E-state index is 0.0491. The van der Waals surface area contributed by atoms with Gasteiger partial charge in [0.15, 0.2) is 0 Å². The highest BCUT2D eigenvalue weighted by Crippen LogP contribution is 2.21. The fourth-order valence-electron chi connectivity index (χ4n) is 1.93. The molecule has 0 unspecified atom stereocenters. The third-order valence-electron chi connectivity index (χ3n) is 3.13. The highest BCUT2D eigenvalue weighted by Gasteiger charge is 2.20. The van der Waals surface area contributed by atoms with Gasteiger partial charge in [0.05, 0.1) is 4.92 Å². The van der Waals surface area contributed by atoms with E-state index in [-0.39, 0.29) is 5.69 Å². The molecular formula is C12H12N4O3. The average molecular weight is 260 g/mol. The average Bonchev–Trinajstić information content (AvgIpc) is 2.82. The summed E-state index contributed by atoms with van der Waals surface area (Å²) in [6.07, 6.45) is 0.771. The quantitative estimate of drug-likeness (QED) is 0.659. The van der Waals surface area contributed by atoms with Crippen LogP contribution < -0.4 is 5.32 Å². The number of hydrogen-bond donors (Lipinski definition) is 1. The van der Waals surface area contributed by atoms with E-state index in [4.69, 9.17) is 4.52 Å². The Morgan fingerprint density at radius 1 is 1.37 bits per heavy atom. The van der Waals surface area contributed by atoms with Crippen molar-refractivity contribution in [3.8, 4) is 11.4 Å². The van der Waals surface area contributed by atoms with Crippen molar-refractivity contribution in [3.63, 3.8) is 0 Å². The maximum absolute atomic E-state index is 10.6. The molecule has 3 rings (SSSR count). The Morgan fingerprint density at radius 2 is 2.11 bits per heavy atom. The molecule has 0 spiro atoms. The zero-order valence-corrected chi connectivity index (χ0v) is 10.1. The molecule has 1 aliphatic heterocycles. The Labute approximate surface area is 108 Å². The maximum Gasteiger partial charge on any atom is 0.269 e. The van der Waals surface area contributed by atoms with Gasteiger partial charge in [0.25, 0.3) is 5.69 Å². The fraction of sp³-hybridized carbons (Fsp3) is 0.333. The first kappa shape index (κ1) is 11.8. The summed E-state index contributed by atoms with van der Waals surface area (Å²) in [6.45, 7) is 1.96. The first-order valence-electron chi connectivity index (χ1n) is 6.00. The third-order valence-corrected chi connectivity index (χ3v) is 3.13. The number of non-ortho nitro benzene ring substituents is 1. The maximum atomic E-state index is 10.6. The molecule has 0 radical (unpaired) electrons. The van der Waals surface area contributed by atoms with Gasteiger partial charge in [-0.3, -0.25) is 10.1 Å². The summed E-state index contributed by atoms with van der Waals surface area (Å²) in [6, 6.07) is 6.11. The molecule has 0 aliphatic carbocycles. The smallest absolute Gasteiger partial charge is 0.269 e. The SMILES string of the molecule is O=[N+]([O-])c1ccc(-c2noc(CC3CNC3)n2)cc1. The highest BCUT2D eigenvalue weighted by molar-refractivity contribution is 5.56. The van der Waals surface area contributed by atoms with Gasteiger partial charge in [-0.2, -0.15) is 4.98 Å². The first-order valence-corrected chi connectivity index (χ1v) is 6.00. The number of nitro benzene ring substituents is 1. The van der Waals surface area contributed by atoms with Crippen LogP contribution >= 0.6 is 0 Å². The second-order valence-corrected chi connectivity index (χ2v) is 4.54. The van der Waals surface area contributed by atoms with Gasteiger partial charge < -0.3 is 9.84 Å². The van der Waals surface area contributed by atoms with E-state index in [1.807, 2.05) is 0 Å². The van der Waals surface area contributed by atoms with E-state index in [9.17, 15) is 10.1 Å². The predicted octanol–water partition coefficient (Wildman–Crippen LogP) is 1.41. The predicted molar refractivity (Wildman–Crippen MR) is 66.5 cm³/mol. The van der Waals surface area contributed by atoms with Crippen molar-refractivity contribution in [2.24, 2.45) is 5.92 Å². The summed E-state index contributed by atoms with van der Waals surface area (Å²) >= 11 is 0. The molecule has 1 fully saturated rings. The summed E-state index contributed by atoms with van der Waals surface area (Å²) in [5.74, 6) is 1.64. The lowest BCUT2D eigenvalue weighted by atomic mass is 10.00. The largest absolute Gasteiger partial charge is 0.339 e. The minimum Gasteiger partial charge on any atom is -0.339 e. The van der Waals surface area contributed by atoms with Crippen molar-refractivity contribution < 1.29 is 9.45 Å². The number of rotatable bonds is 4. The van der Waals surface area contributed by atoms with E-state index in [2.05, 4.69) is 15.5 Å². The van der Waals surface area contributed by atoms with Crippen molar-refractivity contribution in [1.29, 1.82) is 0 Å². The Bertz CT molecular complexity index is 589. The van der Waals surface area contributed by atoms with E-state index in [0.29, 0.717) is 23.2 Å². The molecule has 19 heavy (non-hydrogen) atoms. The molecule has 1 N–H and O–H groups in total. The monoisotopic (exact) mass is 260 g/mol. The molecule has 0 saturated carbocycles. The summed E-state index contributed by atoms with van der Waals surface area (Å²) in [5, 5.41) is 17.6. The van der Waals surface area contributed by atoms with Gasteiger partial charge in [0.1, 0.15) is 0 Å². The van der Waals surface area contributed by atoms with Crippen molar-refractivity contribution in [2.45, 2.75) is 6.42 Å². The van der Waals surface area contributed by atoms with E-state index in [1.54, 1.807) is 12.1 Å². The van der Waals surface area contributed by atoms with Gasteiger partial charge in [-0.05, 0) is 31.1 Å². The number of aromatic nitrogens is 2. The molecule has 2 aromatic rings. The van der Waals surface area contributed by atoms with Crippen LogP contribution in [0.3, 0.4) is 0 Å². The lowest BCUT2D eigenvalue weighted by Crippen LogP contribution is -2.43. The van der Waals surface area contributed by atoms with Gasteiger partial charge in [-0.1, -0.05) is 5.16 Å². The van der Waals surface area contributed by atoms with Gasteiger partial charge in [-0.25, -0.2) is 0 Å². The van der Waals surface area contributed by atoms with Crippen molar-refractivity contribution >= 4 is 5.69 Å². The van der Waals surface area contributed by atoms with Crippen molar-refractivity contribution in [3.05, 3.63) is 40.3 Å². The molecule has 1 aromatic heterocycles. The molecule has 2 heterocycles. The highest BCUT2D eigenvalue weighted by atomic mass is 16.6. The molecule has 0 atom stereocenters. The Kier molecular flexibility index (Phi) is 2.96. The lowest BCUT2D eigenvalue weighted by molar-refractivity contribution is -0.384. The number of benzene rings is 1. The van der Waals surface area contributed by atoms with E-state index < -0.39 is 4.92 Å². The van der Waals surface area contributed by atoms with Gasteiger partial charge >= 0.3 is 0 Å². The summed E-state index contributed by atoms with van der Waals surface area (Å²) < 4.78 is 5.18. The van der Waals surface area contributed by atoms with Gasteiger partial charge in [0.2, 0.25) is 11.7 Å². The number of nitrogens with one attached hydrogen (secondary N) is 1. The van der Waals surface area contributed by atoms with Crippen LogP contribution in [0.4, 0.5) is 5.69 Å². The van der Waals surface area contributed by atoms with Crippen LogP contribution in [0.25, 0.3) is 11.4 Å². The lowest BCUT2D eigenvalue weighted by Gasteiger charge is -2.25. The van der Waals surface area contributed by atoms with Crippen LogP contribution in [0.5, 0.6) is 0 Å². The van der Waals surface area contributed by atoms with Crippen LogP contribution in [0.2, 0.25) is 0 Å². The number of nitro groups is 1. The van der Waals surface area contributed by atoms with Crippen LogP contribution in [-0.4, -0.2) is 28.2 Å². The number of hydrogen-bond acceptors (Lipinski definition) is 6. The van der Waals surface area contributed by atoms with Crippen LogP contribution in [0, 0.1) is 16.0 Å². The van der Waals surface area contributed by atoms with Gasteiger partial charge in [-0.15, -0.1) is 0 Å². The standard InChI is InChI=1S/C12H12N4O3/c17-16(18)10-3-1-9(2-4-10)12-14-11(19-15-12)5-8-6-13-7-8/h1-4,8,13H,5-7H2. The molecule has 1 saturated heterocycles. The second-order valence-electron chi connectivity index (χ2n) is 4.54. The third kappa shape index (κ3) is 2.45. The zero-order valence-electron chi connectivity index (χ0n) is 10.1. The molecule has 7 heteroatoms. The van der Waals surface area contributed by atoms with Crippen molar-refractivity contribution in [1.82, 2.24) is 15.5 Å². The van der Waals surface area contributed by atoms with Crippen LogP contribution in [0.15, 0.2) is 28.8 Å². The van der Waals surface area contributed by atoms with E-state index in [0.717, 1.165) is 19.5 Å². The first-order chi connectivity index (χ1) is 9.22. The zero-order chi connectivity index (χ0) is 13.2. The summed E-state index contributed by atoms with van der Waals surface area (Å²) in [4.78, 5) is 14.4. The molecule has 1 aliphatic rings. The molecule has 7 nitrogen and oxygen atoms in total. The van der Waals surface area contributed by atoms with E-state index in [1.165, 1.54) is 12.1 Å². The molecule has 0 amide bonds. The van der Waals surface area contributed by atoms with Crippen LogP contribution in [0.1, 0.15) is 5.89 Å². The summed E-state index contributed by atoms with van der Waals surface area (Å²) in [5.41, 5.74) is 0.764. The normalized spacial score (nSPS) is 15.2. The molecular weight excluding hydrogens is 248 g/mol. The molecule has 0 bridgehead atoms. The molecule has 1 aromatic carbocycles. The van der Waals surface area contributed by atoms with Gasteiger partial charge in [0, 0.05) is 24.1 Å². The Hall–Kier alpha value is -2.28. The second kappa shape index (κ2) is 4.77. The van der Waals surface area contributed by atoms with E-state index >= 15 is 0 Å². The molecule has 98 valence electrons. The fourth-order valence-corrected chi connectivity index (χ4v) is 1.93. The summed E-state index contributed by atoms with van der Waals surface area (Å²) in [7, 11) is 0. The Morgan fingerprint density at radius 3 is 2.68 bits per heavy atom. The minimum atomic E-state index is -0.435. The number of nitrogens with zero attached hydrogens (tertiary/aromatic N) is 3. The van der Waals surface area contributed by atoms with Crippen LogP contribution in [-0.2, 0) is 6.42 Å². The topological polar surface area (TPSA) is 94.1 Å². The Balaban J connectivity index is 1.75.